The lowest BCUT2D eigenvalue weighted by Crippen LogP contribution is -2.18. The van der Waals surface area contributed by atoms with Gasteiger partial charge in [-0.05, 0) is 25.1 Å². The third-order valence-corrected chi connectivity index (χ3v) is 6.05. The van der Waals surface area contributed by atoms with Crippen molar-refractivity contribution in [1.82, 2.24) is 15.0 Å². The summed E-state index contributed by atoms with van der Waals surface area (Å²) in [5.41, 5.74) is 1.60. The number of ether oxygens (including phenoxy) is 1. The Bertz CT molecular complexity index is 1330. The molecule has 0 spiro atoms. The highest BCUT2D eigenvalue weighted by Crippen LogP contribution is 2.55. The number of anilines is 2. The molecule has 1 aliphatic carbocycles. The number of carbonyl (C=O) groups is 3. The summed E-state index contributed by atoms with van der Waals surface area (Å²) in [6, 6.07) is 12.9. The molecule has 1 aliphatic rings. The van der Waals surface area contributed by atoms with Crippen LogP contribution in [0.15, 0.2) is 48.5 Å². The fourth-order valence-corrected chi connectivity index (χ4v) is 4.03. The van der Waals surface area contributed by atoms with Crippen LogP contribution in [0.25, 0.3) is 11.3 Å². The number of benzene rings is 2. The molecule has 1 aromatic heterocycles. The van der Waals surface area contributed by atoms with Crippen LogP contribution in [-0.2, 0) is 21.4 Å². The van der Waals surface area contributed by atoms with Crippen molar-refractivity contribution in [3.63, 3.8) is 0 Å². The molecule has 2 aromatic carbocycles. The first-order chi connectivity index (χ1) is 17.0. The van der Waals surface area contributed by atoms with Gasteiger partial charge in [-0.3, -0.25) is 14.9 Å². The van der Waals surface area contributed by atoms with E-state index in [4.69, 9.17) is 21.4 Å². The van der Waals surface area contributed by atoms with Crippen LogP contribution in [0.3, 0.4) is 0 Å². The van der Waals surface area contributed by atoms with E-state index in [1.807, 2.05) is 0 Å². The van der Waals surface area contributed by atoms with Crippen molar-refractivity contribution in [3.05, 3.63) is 59.1 Å². The Morgan fingerprint density at radius 3 is 2.39 bits per heavy atom. The molecule has 3 aromatic rings. The van der Waals surface area contributed by atoms with Gasteiger partial charge in [0.05, 0.1) is 0 Å². The summed E-state index contributed by atoms with van der Waals surface area (Å²) in [5.74, 6) is -10.1. The van der Waals surface area contributed by atoms with Crippen LogP contribution in [0.5, 0.6) is 0 Å². The molecule has 0 radical (unpaired) electrons. The number of carboxylic acids is 1. The van der Waals surface area contributed by atoms with Crippen molar-refractivity contribution in [1.29, 1.82) is 0 Å². The van der Waals surface area contributed by atoms with E-state index in [0.717, 1.165) is 0 Å². The number of hydrogen-bond acceptors (Lipinski definition) is 6. The number of aryl methyl sites for hydroxylation is 1. The monoisotopic (exact) mass is 519 g/mol. The van der Waals surface area contributed by atoms with Crippen molar-refractivity contribution in [2.24, 2.45) is 18.9 Å². The van der Waals surface area contributed by atoms with Crippen LogP contribution in [0.2, 0.25) is 5.02 Å². The van der Waals surface area contributed by atoms with Gasteiger partial charge in [0.15, 0.2) is 5.82 Å². The number of halogens is 3. The third-order valence-electron chi connectivity index (χ3n) is 5.70. The fraction of sp³-hybridized carbons (Fsp3) is 0.261. The van der Waals surface area contributed by atoms with E-state index in [9.17, 15) is 23.2 Å². The average molecular weight is 520 g/mol. The first-order valence-corrected chi connectivity index (χ1v) is 11.0. The molecule has 3 atom stereocenters. The van der Waals surface area contributed by atoms with Gasteiger partial charge in [-0.25, -0.2) is 18.3 Å². The van der Waals surface area contributed by atoms with Crippen LogP contribution in [0.4, 0.5) is 25.1 Å². The average Bonchev–Trinajstić information content (AvgIpc) is 3.25. The van der Waals surface area contributed by atoms with Gasteiger partial charge in [-0.15, -0.1) is 5.10 Å². The highest BCUT2D eigenvalue weighted by molar-refractivity contribution is 6.31. The predicted molar refractivity (Wildman–Crippen MR) is 125 cm³/mol. The second-order valence-electron chi connectivity index (χ2n) is 8.14. The molecule has 1 heterocycles. The summed E-state index contributed by atoms with van der Waals surface area (Å²) >= 11 is 6.15. The molecule has 0 bridgehead atoms. The Morgan fingerprint density at radius 2 is 1.78 bits per heavy atom. The lowest BCUT2D eigenvalue weighted by Gasteiger charge is -2.15. The summed E-state index contributed by atoms with van der Waals surface area (Å²) < 4.78 is 33.9. The van der Waals surface area contributed by atoms with Crippen LogP contribution in [0, 0.1) is 11.8 Å². The number of nitrogens with one attached hydrogen (secondary N) is 2. The van der Waals surface area contributed by atoms with Gasteiger partial charge in [-0.2, -0.15) is 0 Å². The summed E-state index contributed by atoms with van der Waals surface area (Å²) in [7, 11) is 1.56. The van der Waals surface area contributed by atoms with Gasteiger partial charge in [0.1, 0.15) is 23.6 Å². The topological polar surface area (TPSA) is 135 Å². The molecule has 188 valence electrons. The number of amides is 2. The van der Waals surface area contributed by atoms with E-state index >= 15 is 0 Å². The summed E-state index contributed by atoms with van der Waals surface area (Å²) in [6.45, 7) is 1.67. The van der Waals surface area contributed by atoms with E-state index in [0.29, 0.717) is 16.1 Å². The quantitative estimate of drug-likeness (QED) is 0.422. The Morgan fingerprint density at radius 1 is 1.11 bits per heavy atom. The number of carbonyl (C=O) groups excluding carboxylic acids is 2. The number of aromatic nitrogens is 3. The molecule has 2 amide bonds. The number of alkyl halides is 2. The molecule has 1 saturated carbocycles. The number of carboxylic acid groups (broad SMARTS) is 1. The van der Waals surface area contributed by atoms with Crippen molar-refractivity contribution in [2.75, 3.05) is 10.6 Å². The molecule has 10 nitrogen and oxygen atoms in total. The molecule has 4 rings (SSSR count). The highest BCUT2D eigenvalue weighted by Gasteiger charge is 2.75. The zero-order valence-electron chi connectivity index (χ0n) is 18.9. The molecule has 0 saturated heterocycles. The van der Waals surface area contributed by atoms with Gasteiger partial charge >= 0.3 is 12.1 Å². The fourth-order valence-electron chi connectivity index (χ4n) is 3.74. The highest BCUT2D eigenvalue weighted by atomic mass is 35.5. The minimum absolute atomic E-state index is 0.182. The zero-order valence-corrected chi connectivity index (χ0v) is 19.7. The molecule has 1 fully saturated rings. The summed E-state index contributed by atoms with van der Waals surface area (Å²) in [4.78, 5) is 35.5. The smallest absolute Gasteiger partial charge is 0.413 e. The maximum Gasteiger partial charge on any atom is 0.413 e. The van der Waals surface area contributed by atoms with Gasteiger partial charge in [0.25, 0.3) is 5.92 Å². The molecule has 13 heteroatoms. The largest absolute Gasteiger partial charge is 0.481 e. The van der Waals surface area contributed by atoms with Gasteiger partial charge in [0, 0.05) is 28.9 Å². The lowest BCUT2D eigenvalue weighted by molar-refractivity contribution is -0.141. The normalized spacial score (nSPS) is 18.7. The Hall–Kier alpha value is -4.06. The minimum atomic E-state index is -3.59. The maximum absolute atomic E-state index is 13.6. The molecular weight excluding hydrogens is 500 g/mol. The number of hydrogen-bond donors (Lipinski definition) is 3. The molecule has 36 heavy (non-hydrogen) atoms. The number of rotatable bonds is 7. The van der Waals surface area contributed by atoms with Crippen LogP contribution in [-0.4, -0.2) is 44.0 Å². The van der Waals surface area contributed by atoms with E-state index in [-0.39, 0.29) is 17.2 Å². The molecular formula is C23H20ClF2N5O5. The second-order valence-corrected chi connectivity index (χ2v) is 8.55. The SMILES string of the molecule is C[C@@H](OC(=O)Nc1c(-c2ccc(NC(=O)[C@@H]3[C@@H](C(=O)O)C3(F)F)cc2)nnn1C)c1ccccc1Cl. The van der Waals surface area contributed by atoms with E-state index in [1.54, 1.807) is 38.2 Å². The van der Waals surface area contributed by atoms with E-state index < -0.39 is 41.8 Å². The van der Waals surface area contributed by atoms with Crippen LogP contribution < -0.4 is 10.6 Å². The molecule has 3 N–H and O–H groups in total. The third kappa shape index (κ3) is 4.85. The number of aliphatic carboxylic acids is 1. The lowest BCUT2D eigenvalue weighted by atomic mass is 10.1. The van der Waals surface area contributed by atoms with Gasteiger partial charge in [0.2, 0.25) is 5.91 Å². The predicted octanol–water partition coefficient (Wildman–Crippen LogP) is 4.35. The Kier molecular flexibility index (Phi) is 6.63. The first kappa shape index (κ1) is 25.0. The van der Waals surface area contributed by atoms with Crippen molar-refractivity contribution < 1.29 is 33.0 Å². The van der Waals surface area contributed by atoms with Crippen molar-refractivity contribution in [2.45, 2.75) is 19.0 Å². The van der Waals surface area contributed by atoms with Crippen molar-refractivity contribution >= 4 is 41.1 Å². The van der Waals surface area contributed by atoms with Gasteiger partial charge < -0.3 is 15.2 Å². The minimum Gasteiger partial charge on any atom is -0.481 e. The van der Waals surface area contributed by atoms with E-state index in [2.05, 4.69) is 20.9 Å². The second kappa shape index (κ2) is 9.53. The first-order valence-electron chi connectivity index (χ1n) is 10.6. The maximum atomic E-state index is 13.6. The Labute approximate surface area is 208 Å². The zero-order chi connectivity index (χ0) is 26.2. The van der Waals surface area contributed by atoms with Crippen LogP contribution >= 0.6 is 11.6 Å². The summed E-state index contributed by atoms with van der Waals surface area (Å²) in [6.07, 6.45) is -1.40. The van der Waals surface area contributed by atoms with Crippen molar-refractivity contribution in [3.8, 4) is 11.3 Å². The molecule has 0 aliphatic heterocycles. The molecule has 0 unspecified atom stereocenters. The number of nitrogens with zero attached hydrogens (tertiary/aromatic N) is 3. The standard InChI is InChI=1S/C23H20ClF2N5O5/c1-11(14-5-3-4-6-15(14)24)36-22(35)28-19-18(29-30-31(19)2)12-7-9-13(10-8-12)27-20(32)16-17(21(33)34)23(16,25)26/h3-11,16-17H,1-2H3,(H,27,32)(H,28,35)(H,33,34)/t11-,16+,17+/m1/s1. The van der Waals surface area contributed by atoms with Crippen LogP contribution in [0.1, 0.15) is 18.6 Å². The van der Waals surface area contributed by atoms with E-state index in [1.165, 1.54) is 28.9 Å². The summed E-state index contributed by atoms with van der Waals surface area (Å²) in [5, 5.41) is 22.1. The Balaban J connectivity index is 1.43. The van der Waals surface area contributed by atoms with Gasteiger partial charge in [-0.1, -0.05) is 47.1 Å².